The molecule has 0 radical (unpaired) electrons. The molecule has 5 nitrogen and oxygen atoms in total. The van der Waals surface area contributed by atoms with Crippen LogP contribution in [0.1, 0.15) is 5.56 Å². The minimum absolute atomic E-state index is 0.159. The van der Waals surface area contributed by atoms with Gasteiger partial charge in [0.2, 0.25) is 0 Å². The Morgan fingerprint density at radius 2 is 1.69 bits per heavy atom. The molecule has 2 aromatic rings. The average molecular weight is 394 g/mol. The largest absolute Gasteiger partial charge is 0.495 e. The van der Waals surface area contributed by atoms with Gasteiger partial charge in [0.05, 0.1) is 12.8 Å². The average Bonchev–Trinajstić information content (AvgIpc) is 2.64. The van der Waals surface area contributed by atoms with Crippen molar-refractivity contribution in [1.82, 2.24) is 4.90 Å². The molecular formula is C19H21Cl2N3O2. The highest BCUT2D eigenvalue weighted by molar-refractivity contribution is 6.31. The van der Waals surface area contributed by atoms with Crippen LogP contribution >= 0.6 is 23.2 Å². The number of anilines is 2. The summed E-state index contributed by atoms with van der Waals surface area (Å²) in [5.41, 5.74) is 2.86. The van der Waals surface area contributed by atoms with Crippen molar-refractivity contribution in [3.8, 4) is 5.75 Å². The van der Waals surface area contributed by atoms with E-state index in [1.165, 1.54) is 5.56 Å². The van der Waals surface area contributed by atoms with Gasteiger partial charge in [-0.1, -0.05) is 29.3 Å². The lowest BCUT2D eigenvalue weighted by atomic mass is 10.1. The van der Waals surface area contributed by atoms with Crippen LogP contribution in [0.4, 0.5) is 16.2 Å². The number of nitrogens with zero attached hydrogens (tertiary/aromatic N) is 2. The monoisotopic (exact) mass is 393 g/mol. The number of hydrogen-bond donors (Lipinski definition) is 1. The van der Waals surface area contributed by atoms with Crippen LogP contribution in [0.5, 0.6) is 5.75 Å². The van der Waals surface area contributed by atoms with E-state index in [4.69, 9.17) is 27.9 Å². The summed E-state index contributed by atoms with van der Waals surface area (Å²) in [6, 6.07) is 10.9. The zero-order valence-corrected chi connectivity index (χ0v) is 16.3. The van der Waals surface area contributed by atoms with Crippen LogP contribution in [-0.4, -0.2) is 44.2 Å². The molecule has 3 rings (SSSR count). The number of halogens is 2. The summed E-state index contributed by atoms with van der Waals surface area (Å²) < 4.78 is 5.28. The number of methoxy groups -OCH3 is 1. The molecule has 138 valence electrons. The van der Waals surface area contributed by atoms with E-state index in [-0.39, 0.29) is 6.03 Å². The smallest absolute Gasteiger partial charge is 0.322 e. The summed E-state index contributed by atoms with van der Waals surface area (Å²) in [4.78, 5) is 16.6. The summed E-state index contributed by atoms with van der Waals surface area (Å²) >= 11 is 12.1. The van der Waals surface area contributed by atoms with E-state index in [2.05, 4.69) is 17.1 Å². The third-order valence-corrected chi connectivity index (χ3v) is 4.95. The molecule has 0 aliphatic carbocycles. The highest BCUT2D eigenvalue weighted by atomic mass is 35.5. The molecule has 0 atom stereocenters. The molecule has 0 spiro atoms. The van der Waals surface area contributed by atoms with Crippen LogP contribution in [0.3, 0.4) is 0 Å². The standard InChI is InChI=1S/C19H21Cl2N3O2/c1-13-3-4-15(21)12-17(13)23-7-9-24(10-8-23)19(25)22-16-11-14(20)5-6-18(16)26-2/h3-6,11-12H,7-10H2,1-2H3,(H,22,25). The molecule has 1 heterocycles. The molecule has 7 heteroatoms. The van der Waals surface area contributed by atoms with E-state index < -0.39 is 0 Å². The molecule has 0 saturated carbocycles. The topological polar surface area (TPSA) is 44.8 Å². The van der Waals surface area contributed by atoms with Crippen molar-refractivity contribution in [3.63, 3.8) is 0 Å². The molecule has 2 amide bonds. The molecule has 0 aromatic heterocycles. The first-order valence-electron chi connectivity index (χ1n) is 8.38. The van der Waals surface area contributed by atoms with E-state index >= 15 is 0 Å². The Morgan fingerprint density at radius 1 is 1.04 bits per heavy atom. The van der Waals surface area contributed by atoms with Crippen molar-refractivity contribution >= 4 is 40.6 Å². The van der Waals surface area contributed by atoms with Crippen LogP contribution in [0.15, 0.2) is 36.4 Å². The normalized spacial score (nSPS) is 14.3. The van der Waals surface area contributed by atoms with Gasteiger partial charge in [0, 0.05) is 41.9 Å². The van der Waals surface area contributed by atoms with Crippen LogP contribution in [-0.2, 0) is 0 Å². The van der Waals surface area contributed by atoms with E-state index in [0.29, 0.717) is 29.5 Å². The minimum Gasteiger partial charge on any atom is -0.495 e. The van der Waals surface area contributed by atoms with Gasteiger partial charge in [-0.05, 0) is 42.8 Å². The molecule has 0 bridgehead atoms. The fourth-order valence-corrected chi connectivity index (χ4v) is 3.38. The molecule has 26 heavy (non-hydrogen) atoms. The third-order valence-electron chi connectivity index (χ3n) is 4.48. The van der Waals surface area contributed by atoms with Gasteiger partial charge in [-0.15, -0.1) is 0 Å². The number of amides is 2. The zero-order valence-electron chi connectivity index (χ0n) is 14.8. The molecule has 1 fully saturated rings. The maximum absolute atomic E-state index is 12.6. The number of carbonyl (C=O) groups is 1. The van der Waals surface area contributed by atoms with Crippen molar-refractivity contribution in [1.29, 1.82) is 0 Å². The first-order valence-corrected chi connectivity index (χ1v) is 9.14. The fraction of sp³-hybridized carbons (Fsp3) is 0.316. The first-order chi connectivity index (χ1) is 12.5. The summed E-state index contributed by atoms with van der Waals surface area (Å²) in [7, 11) is 1.56. The maximum Gasteiger partial charge on any atom is 0.322 e. The number of piperazine rings is 1. The van der Waals surface area contributed by atoms with Crippen molar-refractivity contribution in [2.45, 2.75) is 6.92 Å². The number of aryl methyl sites for hydroxylation is 1. The summed E-state index contributed by atoms with van der Waals surface area (Å²) in [5, 5.41) is 4.15. The van der Waals surface area contributed by atoms with Crippen molar-refractivity contribution in [2.75, 3.05) is 43.5 Å². The molecule has 0 unspecified atom stereocenters. The molecule has 1 N–H and O–H groups in total. The number of carbonyl (C=O) groups excluding carboxylic acids is 1. The highest BCUT2D eigenvalue weighted by Gasteiger charge is 2.23. The van der Waals surface area contributed by atoms with E-state index in [1.807, 2.05) is 18.2 Å². The van der Waals surface area contributed by atoms with E-state index in [1.54, 1.807) is 30.2 Å². The lowest BCUT2D eigenvalue weighted by Gasteiger charge is -2.36. The Morgan fingerprint density at radius 3 is 2.38 bits per heavy atom. The zero-order chi connectivity index (χ0) is 18.7. The molecule has 1 aliphatic rings. The fourth-order valence-electron chi connectivity index (χ4n) is 3.05. The number of nitrogens with one attached hydrogen (secondary N) is 1. The third kappa shape index (κ3) is 4.17. The van der Waals surface area contributed by atoms with Gasteiger partial charge in [0.1, 0.15) is 5.75 Å². The van der Waals surface area contributed by atoms with Crippen LogP contribution in [0, 0.1) is 6.92 Å². The molecule has 2 aromatic carbocycles. The van der Waals surface area contributed by atoms with E-state index in [0.717, 1.165) is 23.8 Å². The quantitative estimate of drug-likeness (QED) is 0.823. The van der Waals surface area contributed by atoms with Gasteiger partial charge in [-0.2, -0.15) is 0 Å². The predicted octanol–water partition coefficient (Wildman–Crippen LogP) is 4.66. The Hall–Kier alpha value is -2.11. The predicted molar refractivity (Wildman–Crippen MR) is 107 cm³/mol. The number of urea groups is 1. The second-order valence-corrected chi connectivity index (χ2v) is 7.05. The molecular weight excluding hydrogens is 373 g/mol. The summed E-state index contributed by atoms with van der Waals surface area (Å²) in [5.74, 6) is 0.580. The first kappa shape index (κ1) is 18.7. The number of ether oxygens (including phenoxy) is 1. The van der Waals surface area contributed by atoms with Gasteiger partial charge in [-0.3, -0.25) is 0 Å². The van der Waals surface area contributed by atoms with E-state index in [9.17, 15) is 4.79 Å². The van der Waals surface area contributed by atoms with Crippen molar-refractivity contribution in [2.24, 2.45) is 0 Å². The van der Waals surface area contributed by atoms with Crippen LogP contribution in [0.2, 0.25) is 10.0 Å². The number of rotatable bonds is 3. The summed E-state index contributed by atoms with van der Waals surface area (Å²) in [6.45, 7) is 4.82. The summed E-state index contributed by atoms with van der Waals surface area (Å²) in [6.07, 6.45) is 0. The van der Waals surface area contributed by atoms with Gasteiger partial charge >= 0.3 is 6.03 Å². The highest BCUT2D eigenvalue weighted by Crippen LogP contribution is 2.29. The maximum atomic E-state index is 12.6. The SMILES string of the molecule is COc1ccc(Cl)cc1NC(=O)N1CCN(c2cc(Cl)ccc2C)CC1. The number of benzene rings is 2. The molecule has 1 saturated heterocycles. The Kier molecular flexibility index (Phi) is 5.79. The number of hydrogen-bond acceptors (Lipinski definition) is 3. The second kappa shape index (κ2) is 8.06. The van der Waals surface area contributed by atoms with Gasteiger partial charge in [0.15, 0.2) is 0 Å². The molecule has 1 aliphatic heterocycles. The van der Waals surface area contributed by atoms with Crippen molar-refractivity contribution < 1.29 is 9.53 Å². The van der Waals surface area contributed by atoms with Gasteiger partial charge in [-0.25, -0.2) is 4.79 Å². The van der Waals surface area contributed by atoms with Gasteiger partial charge < -0.3 is 19.9 Å². The Labute approximate surface area is 163 Å². The van der Waals surface area contributed by atoms with Crippen molar-refractivity contribution in [3.05, 3.63) is 52.0 Å². The Bertz CT molecular complexity index is 805. The second-order valence-electron chi connectivity index (χ2n) is 6.18. The lowest BCUT2D eigenvalue weighted by molar-refractivity contribution is 0.208. The lowest BCUT2D eigenvalue weighted by Crippen LogP contribution is -2.50. The van der Waals surface area contributed by atoms with Crippen LogP contribution < -0.4 is 15.0 Å². The minimum atomic E-state index is -0.159. The Balaban J connectivity index is 1.64. The van der Waals surface area contributed by atoms with Crippen LogP contribution in [0.25, 0.3) is 0 Å². The van der Waals surface area contributed by atoms with Gasteiger partial charge in [0.25, 0.3) is 0 Å².